The fourth-order valence-electron chi connectivity index (χ4n) is 1.51. The minimum absolute atomic E-state index is 0.168. The highest BCUT2D eigenvalue weighted by Gasteiger charge is 2.16. The Bertz CT molecular complexity index is 433. The number of ether oxygens (including phenoxy) is 1. The highest BCUT2D eigenvalue weighted by Crippen LogP contribution is 2.18. The fourth-order valence-corrected chi connectivity index (χ4v) is 1.51. The van der Waals surface area contributed by atoms with Crippen molar-refractivity contribution < 1.29 is 14.6 Å². The van der Waals surface area contributed by atoms with Crippen LogP contribution in [0.4, 0.5) is 0 Å². The molecule has 0 fully saturated rings. The molecule has 5 nitrogen and oxygen atoms in total. The van der Waals surface area contributed by atoms with Gasteiger partial charge in [0.05, 0.1) is 6.61 Å². The third kappa shape index (κ3) is 4.87. The molecule has 0 radical (unpaired) electrons. The van der Waals surface area contributed by atoms with Gasteiger partial charge in [-0.25, -0.2) is 0 Å². The van der Waals surface area contributed by atoms with Gasteiger partial charge < -0.3 is 15.2 Å². The molecule has 0 aromatic carbocycles. The monoisotopic (exact) mass is 266 g/mol. The second-order valence-electron chi connectivity index (χ2n) is 4.95. The largest absolute Gasteiger partial charge is 0.479 e. The van der Waals surface area contributed by atoms with Crippen LogP contribution in [0, 0.1) is 12.8 Å². The SMILES string of the molecule is Cc1ccc(OC(C)C(=O)NCC(C)C)c(CO)n1. The topological polar surface area (TPSA) is 71.5 Å². The molecular formula is C14H22N2O3. The van der Waals surface area contributed by atoms with Gasteiger partial charge in [0, 0.05) is 12.2 Å². The van der Waals surface area contributed by atoms with E-state index in [2.05, 4.69) is 10.3 Å². The van der Waals surface area contributed by atoms with Gasteiger partial charge in [-0.1, -0.05) is 13.8 Å². The van der Waals surface area contributed by atoms with Crippen molar-refractivity contribution >= 4 is 5.91 Å². The summed E-state index contributed by atoms with van der Waals surface area (Å²) < 4.78 is 5.55. The fraction of sp³-hybridized carbons (Fsp3) is 0.571. The van der Waals surface area contributed by atoms with Gasteiger partial charge in [-0.3, -0.25) is 9.78 Å². The second-order valence-corrected chi connectivity index (χ2v) is 4.95. The van der Waals surface area contributed by atoms with Crippen LogP contribution in [0.1, 0.15) is 32.2 Å². The molecular weight excluding hydrogens is 244 g/mol. The van der Waals surface area contributed by atoms with Crippen LogP contribution in [0.15, 0.2) is 12.1 Å². The number of pyridine rings is 1. The van der Waals surface area contributed by atoms with E-state index in [9.17, 15) is 9.90 Å². The molecule has 2 N–H and O–H groups in total. The van der Waals surface area contributed by atoms with Gasteiger partial charge >= 0.3 is 0 Å². The Kier molecular flexibility index (Phi) is 5.76. The van der Waals surface area contributed by atoms with Crippen LogP contribution in [-0.4, -0.2) is 28.6 Å². The van der Waals surface area contributed by atoms with Crippen LogP contribution in [0.2, 0.25) is 0 Å². The number of nitrogens with one attached hydrogen (secondary N) is 1. The van der Waals surface area contributed by atoms with Crippen molar-refractivity contribution in [2.75, 3.05) is 6.54 Å². The molecule has 106 valence electrons. The average Bonchev–Trinajstić information content (AvgIpc) is 2.37. The first-order valence-electron chi connectivity index (χ1n) is 6.45. The Hall–Kier alpha value is -1.62. The molecule has 1 unspecified atom stereocenters. The highest BCUT2D eigenvalue weighted by atomic mass is 16.5. The third-order valence-corrected chi connectivity index (χ3v) is 2.58. The lowest BCUT2D eigenvalue weighted by atomic mass is 10.2. The molecule has 1 heterocycles. The number of aromatic nitrogens is 1. The zero-order valence-electron chi connectivity index (χ0n) is 11.9. The van der Waals surface area contributed by atoms with E-state index >= 15 is 0 Å². The zero-order valence-corrected chi connectivity index (χ0v) is 11.9. The van der Waals surface area contributed by atoms with E-state index in [1.54, 1.807) is 19.1 Å². The minimum atomic E-state index is -0.617. The molecule has 1 aromatic heterocycles. The van der Waals surface area contributed by atoms with Crippen LogP contribution in [0.3, 0.4) is 0 Å². The van der Waals surface area contributed by atoms with Gasteiger partial charge in [-0.15, -0.1) is 0 Å². The first kappa shape index (κ1) is 15.4. The first-order valence-corrected chi connectivity index (χ1v) is 6.45. The third-order valence-electron chi connectivity index (χ3n) is 2.58. The maximum absolute atomic E-state index is 11.8. The summed E-state index contributed by atoms with van der Waals surface area (Å²) in [5.41, 5.74) is 1.25. The number of aryl methyl sites for hydroxylation is 1. The molecule has 1 aromatic rings. The summed E-state index contributed by atoms with van der Waals surface area (Å²) in [6, 6.07) is 3.51. The quantitative estimate of drug-likeness (QED) is 0.817. The van der Waals surface area contributed by atoms with Crippen LogP contribution in [0.25, 0.3) is 0 Å². The molecule has 1 amide bonds. The van der Waals surface area contributed by atoms with E-state index < -0.39 is 6.10 Å². The average molecular weight is 266 g/mol. The van der Waals surface area contributed by atoms with Gasteiger partial charge in [-0.2, -0.15) is 0 Å². The Morgan fingerprint density at radius 2 is 2.11 bits per heavy atom. The lowest BCUT2D eigenvalue weighted by Gasteiger charge is -2.17. The van der Waals surface area contributed by atoms with Crippen LogP contribution < -0.4 is 10.1 Å². The number of nitrogens with zero attached hydrogens (tertiary/aromatic N) is 1. The molecule has 0 bridgehead atoms. The Morgan fingerprint density at radius 3 is 2.68 bits per heavy atom. The molecule has 0 saturated carbocycles. The summed E-state index contributed by atoms with van der Waals surface area (Å²) in [7, 11) is 0. The number of carbonyl (C=O) groups excluding carboxylic acids is 1. The molecule has 1 atom stereocenters. The zero-order chi connectivity index (χ0) is 14.4. The number of rotatable bonds is 6. The van der Waals surface area contributed by atoms with Crippen LogP contribution in [0.5, 0.6) is 5.75 Å². The Balaban J connectivity index is 2.65. The van der Waals surface area contributed by atoms with E-state index in [1.807, 2.05) is 20.8 Å². The summed E-state index contributed by atoms with van der Waals surface area (Å²) in [5.74, 6) is 0.670. The standard InChI is InChI=1S/C14H22N2O3/c1-9(2)7-15-14(18)11(4)19-13-6-5-10(3)16-12(13)8-17/h5-6,9,11,17H,7-8H2,1-4H3,(H,15,18). The second kappa shape index (κ2) is 7.09. The smallest absolute Gasteiger partial charge is 0.260 e. The predicted octanol–water partition coefficient (Wildman–Crippen LogP) is 1.42. The molecule has 0 aliphatic rings. The van der Waals surface area contributed by atoms with Crippen molar-refractivity contribution in [2.24, 2.45) is 5.92 Å². The van der Waals surface area contributed by atoms with Gasteiger partial charge in [0.2, 0.25) is 0 Å². The maximum atomic E-state index is 11.8. The van der Waals surface area contributed by atoms with Crippen molar-refractivity contribution in [1.82, 2.24) is 10.3 Å². The molecule has 0 spiro atoms. The molecule has 5 heteroatoms. The lowest BCUT2D eigenvalue weighted by Crippen LogP contribution is -2.38. The summed E-state index contributed by atoms with van der Waals surface area (Å²) in [6.07, 6.45) is -0.617. The molecule has 1 rings (SSSR count). The number of aliphatic hydroxyl groups excluding tert-OH is 1. The number of hydrogen-bond acceptors (Lipinski definition) is 4. The Morgan fingerprint density at radius 1 is 1.42 bits per heavy atom. The first-order chi connectivity index (χ1) is 8.93. The number of amides is 1. The summed E-state index contributed by atoms with van der Waals surface area (Å²) in [6.45, 7) is 7.97. The van der Waals surface area contributed by atoms with E-state index in [0.29, 0.717) is 23.9 Å². The molecule has 19 heavy (non-hydrogen) atoms. The van der Waals surface area contributed by atoms with Gasteiger partial charge in [0.1, 0.15) is 11.4 Å². The molecule has 0 aliphatic carbocycles. The number of aliphatic hydroxyl groups is 1. The molecule has 0 aliphatic heterocycles. The summed E-state index contributed by atoms with van der Waals surface area (Å²) in [5, 5.41) is 12.0. The van der Waals surface area contributed by atoms with Crippen LogP contribution in [-0.2, 0) is 11.4 Å². The normalized spacial score (nSPS) is 12.3. The van der Waals surface area contributed by atoms with Crippen molar-refractivity contribution in [2.45, 2.75) is 40.4 Å². The lowest BCUT2D eigenvalue weighted by molar-refractivity contribution is -0.127. The van der Waals surface area contributed by atoms with Crippen LogP contribution >= 0.6 is 0 Å². The number of carbonyl (C=O) groups is 1. The summed E-state index contributed by atoms with van der Waals surface area (Å²) >= 11 is 0. The predicted molar refractivity (Wildman–Crippen MR) is 72.8 cm³/mol. The van der Waals surface area contributed by atoms with E-state index in [-0.39, 0.29) is 12.5 Å². The highest BCUT2D eigenvalue weighted by molar-refractivity contribution is 5.80. The molecule has 0 saturated heterocycles. The van der Waals surface area contributed by atoms with Gasteiger partial charge in [0.15, 0.2) is 6.10 Å². The Labute approximate surface area is 114 Å². The van der Waals surface area contributed by atoms with E-state index in [1.165, 1.54) is 0 Å². The van der Waals surface area contributed by atoms with Crippen molar-refractivity contribution in [3.05, 3.63) is 23.5 Å². The maximum Gasteiger partial charge on any atom is 0.260 e. The van der Waals surface area contributed by atoms with Gasteiger partial charge in [0.25, 0.3) is 5.91 Å². The van der Waals surface area contributed by atoms with Crippen molar-refractivity contribution in [1.29, 1.82) is 0 Å². The van der Waals surface area contributed by atoms with Gasteiger partial charge in [-0.05, 0) is 31.9 Å². The van der Waals surface area contributed by atoms with Crippen molar-refractivity contribution in [3.8, 4) is 5.75 Å². The van der Waals surface area contributed by atoms with E-state index in [0.717, 1.165) is 5.69 Å². The van der Waals surface area contributed by atoms with Crippen molar-refractivity contribution in [3.63, 3.8) is 0 Å². The number of hydrogen-bond donors (Lipinski definition) is 2. The summed E-state index contributed by atoms with van der Waals surface area (Å²) in [4.78, 5) is 16.0. The van der Waals surface area contributed by atoms with E-state index in [4.69, 9.17) is 4.74 Å². The minimum Gasteiger partial charge on any atom is -0.479 e.